The van der Waals surface area contributed by atoms with Crippen molar-refractivity contribution in [1.29, 1.82) is 0 Å². The molecule has 8 heteroatoms. The summed E-state index contributed by atoms with van der Waals surface area (Å²) in [6.07, 6.45) is 0.802. The van der Waals surface area contributed by atoms with E-state index in [4.69, 9.17) is 0 Å². The van der Waals surface area contributed by atoms with Crippen LogP contribution < -0.4 is 15.5 Å². The summed E-state index contributed by atoms with van der Waals surface area (Å²) >= 11 is 0. The number of rotatable bonds is 8. The Bertz CT molecular complexity index is 1130. The second-order valence-corrected chi connectivity index (χ2v) is 7.18. The first-order chi connectivity index (χ1) is 14.9. The highest BCUT2D eigenvalue weighted by Crippen LogP contribution is 2.29. The molecular formula is C23H24N4O4. The van der Waals surface area contributed by atoms with E-state index in [0.717, 1.165) is 17.2 Å². The molecule has 0 fully saturated rings. The molecule has 0 bridgehead atoms. The predicted molar refractivity (Wildman–Crippen MR) is 122 cm³/mol. The number of benzene rings is 3. The van der Waals surface area contributed by atoms with Crippen LogP contribution in [-0.2, 0) is 4.79 Å². The van der Waals surface area contributed by atoms with Crippen molar-refractivity contribution in [2.45, 2.75) is 13.3 Å². The molecule has 2 amide bonds. The van der Waals surface area contributed by atoms with Gasteiger partial charge in [0.15, 0.2) is 0 Å². The van der Waals surface area contributed by atoms with Crippen molar-refractivity contribution < 1.29 is 14.5 Å². The Morgan fingerprint density at radius 2 is 1.77 bits per heavy atom. The van der Waals surface area contributed by atoms with E-state index < -0.39 is 10.8 Å². The second-order valence-electron chi connectivity index (χ2n) is 7.18. The van der Waals surface area contributed by atoms with E-state index in [2.05, 4.69) is 10.6 Å². The molecule has 0 saturated heterocycles. The SMILES string of the molecule is CCCNC(=O)CN(C)c1ccc(C(=O)Nc2ccc3ccccc3c2)cc1[N+](=O)[O-]. The van der Waals surface area contributed by atoms with Gasteiger partial charge in [0.05, 0.1) is 11.5 Å². The maximum Gasteiger partial charge on any atom is 0.293 e. The molecule has 3 aromatic rings. The molecule has 0 aliphatic rings. The molecular weight excluding hydrogens is 396 g/mol. The number of fused-ring (bicyclic) bond motifs is 1. The molecule has 0 aliphatic heterocycles. The highest BCUT2D eigenvalue weighted by molar-refractivity contribution is 6.06. The first kappa shape index (κ1) is 21.8. The third-order valence-corrected chi connectivity index (χ3v) is 4.81. The number of nitrogens with one attached hydrogen (secondary N) is 2. The maximum atomic E-state index is 12.7. The van der Waals surface area contributed by atoms with E-state index in [-0.39, 0.29) is 29.4 Å². The summed E-state index contributed by atoms with van der Waals surface area (Å²) in [5.74, 6) is -0.676. The monoisotopic (exact) mass is 420 g/mol. The van der Waals surface area contributed by atoms with Crippen molar-refractivity contribution in [1.82, 2.24) is 5.32 Å². The molecule has 8 nitrogen and oxygen atoms in total. The van der Waals surface area contributed by atoms with Gasteiger partial charge in [-0.2, -0.15) is 0 Å². The number of hydrogen-bond donors (Lipinski definition) is 2. The van der Waals surface area contributed by atoms with Crippen LogP contribution in [0.4, 0.5) is 17.1 Å². The molecule has 0 radical (unpaired) electrons. The summed E-state index contributed by atoms with van der Waals surface area (Å²) in [6, 6.07) is 17.5. The quantitative estimate of drug-likeness (QED) is 0.424. The van der Waals surface area contributed by atoms with E-state index in [1.807, 2.05) is 43.3 Å². The molecule has 3 rings (SSSR count). The fourth-order valence-electron chi connectivity index (χ4n) is 3.22. The van der Waals surface area contributed by atoms with Crippen LogP contribution in [0.15, 0.2) is 60.7 Å². The molecule has 31 heavy (non-hydrogen) atoms. The van der Waals surface area contributed by atoms with Gasteiger partial charge in [0, 0.05) is 30.9 Å². The smallest absolute Gasteiger partial charge is 0.293 e. The second kappa shape index (κ2) is 9.71. The van der Waals surface area contributed by atoms with Gasteiger partial charge in [-0.15, -0.1) is 0 Å². The van der Waals surface area contributed by atoms with Crippen molar-refractivity contribution in [2.24, 2.45) is 0 Å². The zero-order valence-corrected chi connectivity index (χ0v) is 17.4. The van der Waals surface area contributed by atoms with Crippen LogP contribution in [-0.4, -0.2) is 36.9 Å². The molecule has 0 saturated carbocycles. The van der Waals surface area contributed by atoms with Crippen molar-refractivity contribution in [3.05, 3.63) is 76.3 Å². The minimum absolute atomic E-state index is 0.0243. The highest BCUT2D eigenvalue weighted by Gasteiger charge is 2.21. The lowest BCUT2D eigenvalue weighted by molar-refractivity contribution is -0.384. The molecule has 0 spiro atoms. The van der Waals surface area contributed by atoms with Crippen LogP contribution in [0.5, 0.6) is 0 Å². The Balaban J connectivity index is 1.79. The summed E-state index contributed by atoms with van der Waals surface area (Å²) in [6.45, 7) is 2.46. The molecule has 0 heterocycles. The number of nitro benzene ring substituents is 1. The first-order valence-corrected chi connectivity index (χ1v) is 9.95. The Morgan fingerprint density at radius 3 is 2.48 bits per heavy atom. The number of likely N-dealkylation sites (N-methyl/N-ethyl adjacent to an activating group) is 1. The summed E-state index contributed by atoms with van der Waals surface area (Å²) < 4.78 is 0. The van der Waals surface area contributed by atoms with Gasteiger partial charge in [-0.05, 0) is 41.5 Å². The fourth-order valence-corrected chi connectivity index (χ4v) is 3.22. The number of nitro groups is 1. The summed E-state index contributed by atoms with van der Waals surface area (Å²) in [5, 5.41) is 19.2. The minimum Gasteiger partial charge on any atom is -0.360 e. The number of carbonyl (C=O) groups is 2. The number of carbonyl (C=O) groups excluding carboxylic acids is 2. The minimum atomic E-state index is -0.553. The van der Waals surface area contributed by atoms with E-state index in [1.54, 1.807) is 13.1 Å². The number of hydrogen-bond acceptors (Lipinski definition) is 5. The van der Waals surface area contributed by atoms with Crippen LogP contribution in [0.1, 0.15) is 23.7 Å². The van der Waals surface area contributed by atoms with Gasteiger partial charge in [-0.1, -0.05) is 37.3 Å². The van der Waals surface area contributed by atoms with Crippen LogP contribution in [0.25, 0.3) is 10.8 Å². The van der Waals surface area contributed by atoms with E-state index in [9.17, 15) is 19.7 Å². The van der Waals surface area contributed by atoms with Gasteiger partial charge in [0.1, 0.15) is 5.69 Å². The Kier molecular flexibility index (Phi) is 6.81. The van der Waals surface area contributed by atoms with Gasteiger partial charge < -0.3 is 15.5 Å². The van der Waals surface area contributed by atoms with Gasteiger partial charge in [-0.25, -0.2) is 0 Å². The van der Waals surface area contributed by atoms with Crippen molar-refractivity contribution in [2.75, 3.05) is 30.4 Å². The molecule has 2 N–H and O–H groups in total. The van der Waals surface area contributed by atoms with Crippen LogP contribution in [0.3, 0.4) is 0 Å². The largest absolute Gasteiger partial charge is 0.360 e. The molecule has 160 valence electrons. The fraction of sp³-hybridized carbons (Fsp3) is 0.217. The molecule has 0 unspecified atom stereocenters. The van der Waals surface area contributed by atoms with E-state index in [0.29, 0.717) is 12.2 Å². The molecule has 0 aliphatic carbocycles. The summed E-state index contributed by atoms with van der Waals surface area (Å²) in [5.41, 5.74) is 0.781. The Hall–Kier alpha value is -3.94. The van der Waals surface area contributed by atoms with Crippen molar-refractivity contribution in [3.63, 3.8) is 0 Å². The maximum absolute atomic E-state index is 12.7. The topological polar surface area (TPSA) is 105 Å². The third kappa shape index (κ3) is 5.36. The Morgan fingerprint density at radius 1 is 1.03 bits per heavy atom. The summed E-state index contributed by atoms with van der Waals surface area (Å²) in [7, 11) is 1.60. The molecule has 0 aromatic heterocycles. The lowest BCUT2D eigenvalue weighted by Gasteiger charge is -2.19. The normalized spacial score (nSPS) is 10.5. The summed E-state index contributed by atoms with van der Waals surface area (Å²) in [4.78, 5) is 37.2. The lowest BCUT2D eigenvalue weighted by Crippen LogP contribution is -2.35. The average molecular weight is 420 g/mol. The van der Waals surface area contributed by atoms with E-state index >= 15 is 0 Å². The Labute approximate surface area is 180 Å². The predicted octanol–water partition coefficient (Wildman–Crippen LogP) is 3.96. The zero-order chi connectivity index (χ0) is 22.4. The number of nitrogens with zero attached hydrogens (tertiary/aromatic N) is 2. The van der Waals surface area contributed by atoms with Gasteiger partial charge in [0.25, 0.3) is 11.6 Å². The third-order valence-electron chi connectivity index (χ3n) is 4.81. The first-order valence-electron chi connectivity index (χ1n) is 9.95. The van der Waals surface area contributed by atoms with Gasteiger partial charge in [0.2, 0.25) is 5.91 Å². The lowest BCUT2D eigenvalue weighted by atomic mass is 10.1. The van der Waals surface area contributed by atoms with Crippen LogP contribution >= 0.6 is 0 Å². The highest BCUT2D eigenvalue weighted by atomic mass is 16.6. The average Bonchev–Trinajstić information content (AvgIpc) is 2.77. The van der Waals surface area contributed by atoms with Crippen molar-refractivity contribution >= 4 is 39.6 Å². The van der Waals surface area contributed by atoms with Gasteiger partial charge in [-0.3, -0.25) is 19.7 Å². The molecule has 0 atom stereocenters. The number of anilines is 2. The number of amides is 2. The van der Waals surface area contributed by atoms with Crippen LogP contribution in [0.2, 0.25) is 0 Å². The van der Waals surface area contributed by atoms with Crippen LogP contribution in [0, 0.1) is 10.1 Å². The zero-order valence-electron chi connectivity index (χ0n) is 17.4. The van der Waals surface area contributed by atoms with Gasteiger partial charge >= 0.3 is 0 Å². The van der Waals surface area contributed by atoms with E-state index in [1.165, 1.54) is 23.1 Å². The van der Waals surface area contributed by atoms with Crippen molar-refractivity contribution in [3.8, 4) is 0 Å². The standard InChI is InChI=1S/C23H24N4O4/c1-3-12-24-22(28)15-26(2)20-11-9-18(14-21(20)27(30)31)23(29)25-19-10-8-16-6-4-5-7-17(16)13-19/h4-11,13-14H,3,12,15H2,1-2H3,(H,24,28)(H,25,29). The molecule has 3 aromatic carbocycles.